The number of hydrogen-bond donors (Lipinski definition) is 1. The molecule has 0 saturated carbocycles. The quantitative estimate of drug-likeness (QED) is 0.651. The van der Waals surface area contributed by atoms with Crippen molar-refractivity contribution in [1.82, 2.24) is 4.98 Å². The van der Waals surface area contributed by atoms with Crippen LogP contribution in [0, 0.1) is 21.4 Å². The van der Waals surface area contributed by atoms with E-state index < -0.39 is 4.92 Å². The van der Waals surface area contributed by atoms with Gasteiger partial charge in [0.25, 0.3) is 5.69 Å². The maximum atomic E-state index is 10.5. The van der Waals surface area contributed by atoms with Gasteiger partial charge >= 0.3 is 0 Å². The minimum Gasteiger partial charge on any atom is -0.467 e. The number of nitrogens with zero attached hydrogens (tertiary/aromatic N) is 3. The van der Waals surface area contributed by atoms with Crippen LogP contribution in [0.25, 0.3) is 0 Å². The van der Waals surface area contributed by atoms with Gasteiger partial charge in [0.15, 0.2) is 0 Å². The smallest absolute Gasteiger partial charge is 0.289 e. The molecule has 0 aliphatic rings. The number of aromatic nitrogens is 1. The molecule has 18 heavy (non-hydrogen) atoms. The van der Waals surface area contributed by atoms with Gasteiger partial charge in [0.1, 0.15) is 29.4 Å². The molecule has 0 atom stereocenters. The van der Waals surface area contributed by atoms with Crippen molar-refractivity contribution in [1.29, 1.82) is 5.26 Å². The van der Waals surface area contributed by atoms with Crippen molar-refractivity contribution in [2.45, 2.75) is 6.54 Å². The molecule has 2 rings (SSSR count). The third-order valence-electron chi connectivity index (χ3n) is 2.21. The van der Waals surface area contributed by atoms with E-state index in [0.29, 0.717) is 18.1 Å². The monoisotopic (exact) mass is 244 g/mol. The fourth-order valence-electron chi connectivity index (χ4n) is 1.36. The zero-order chi connectivity index (χ0) is 13.0. The molecule has 0 aliphatic heterocycles. The summed E-state index contributed by atoms with van der Waals surface area (Å²) >= 11 is 0. The largest absolute Gasteiger partial charge is 0.467 e. The lowest BCUT2D eigenvalue weighted by atomic mass is 10.2. The number of hydrogen-bond acceptors (Lipinski definition) is 6. The first-order chi connectivity index (χ1) is 8.70. The van der Waals surface area contributed by atoms with Crippen molar-refractivity contribution in [2.24, 2.45) is 0 Å². The van der Waals surface area contributed by atoms with Crippen molar-refractivity contribution >= 4 is 11.5 Å². The fourth-order valence-corrected chi connectivity index (χ4v) is 1.36. The molecule has 0 spiro atoms. The van der Waals surface area contributed by atoms with E-state index in [1.165, 1.54) is 12.3 Å². The van der Waals surface area contributed by atoms with Gasteiger partial charge in [-0.1, -0.05) is 0 Å². The van der Waals surface area contributed by atoms with Crippen molar-refractivity contribution in [2.75, 3.05) is 5.32 Å². The van der Waals surface area contributed by atoms with E-state index in [4.69, 9.17) is 9.68 Å². The molecule has 0 amide bonds. The van der Waals surface area contributed by atoms with Crippen LogP contribution in [0.4, 0.5) is 11.5 Å². The van der Waals surface area contributed by atoms with Crippen LogP contribution in [0.15, 0.2) is 35.1 Å². The number of nitriles is 1. The summed E-state index contributed by atoms with van der Waals surface area (Å²) in [5, 5.41) is 22.3. The van der Waals surface area contributed by atoms with Crippen LogP contribution in [-0.2, 0) is 6.54 Å². The number of nitrogens with one attached hydrogen (secondary N) is 1. The van der Waals surface area contributed by atoms with Crippen molar-refractivity contribution in [3.63, 3.8) is 0 Å². The molecular weight excluding hydrogens is 236 g/mol. The Morgan fingerprint density at radius 3 is 3.06 bits per heavy atom. The molecule has 0 unspecified atom stereocenters. The molecule has 7 nitrogen and oxygen atoms in total. The van der Waals surface area contributed by atoms with Crippen LogP contribution in [0.2, 0.25) is 0 Å². The molecule has 0 fully saturated rings. The molecule has 0 aliphatic carbocycles. The predicted molar refractivity (Wildman–Crippen MR) is 61.6 cm³/mol. The molecular formula is C11H8N4O3. The second-order valence-electron chi connectivity index (χ2n) is 3.39. The van der Waals surface area contributed by atoms with Crippen LogP contribution in [0.5, 0.6) is 0 Å². The van der Waals surface area contributed by atoms with Gasteiger partial charge in [-0.3, -0.25) is 10.1 Å². The molecule has 0 radical (unpaired) electrons. The average Bonchev–Trinajstić information content (AvgIpc) is 2.89. The zero-order valence-corrected chi connectivity index (χ0v) is 9.16. The van der Waals surface area contributed by atoms with Gasteiger partial charge in [-0.15, -0.1) is 0 Å². The highest BCUT2D eigenvalue weighted by Gasteiger charge is 2.12. The summed E-state index contributed by atoms with van der Waals surface area (Å²) in [6, 6.07) is 6.55. The minimum atomic E-state index is -0.593. The van der Waals surface area contributed by atoms with E-state index in [1.807, 2.05) is 6.07 Å². The molecule has 2 aromatic rings. The molecule has 0 saturated heterocycles. The van der Waals surface area contributed by atoms with Gasteiger partial charge in [-0.2, -0.15) is 5.26 Å². The topological polar surface area (TPSA) is 105 Å². The van der Waals surface area contributed by atoms with E-state index in [0.717, 1.165) is 6.20 Å². The average molecular weight is 244 g/mol. The first kappa shape index (κ1) is 11.6. The summed E-state index contributed by atoms with van der Waals surface area (Å²) in [5.74, 6) is 0.971. The first-order valence-corrected chi connectivity index (χ1v) is 5.01. The van der Waals surface area contributed by atoms with E-state index >= 15 is 0 Å². The molecule has 0 bridgehead atoms. The Balaban J connectivity index is 2.18. The van der Waals surface area contributed by atoms with Crippen LogP contribution in [-0.4, -0.2) is 9.91 Å². The summed E-state index contributed by atoms with van der Waals surface area (Å²) in [5.41, 5.74) is -0.0918. The van der Waals surface area contributed by atoms with Crippen LogP contribution >= 0.6 is 0 Å². The Morgan fingerprint density at radius 1 is 1.61 bits per heavy atom. The SMILES string of the molecule is N#Cc1cc([N+](=O)[O-])cnc1NCc1ccco1. The van der Waals surface area contributed by atoms with Gasteiger partial charge in [-0.25, -0.2) is 4.98 Å². The van der Waals surface area contributed by atoms with E-state index in [2.05, 4.69) is 10.3 Å². The van der Waals surface area contributed by atoms with Gasteiger partial charge in [0, 0.05) is 6.07 Å². The maximum absolute atomic E-state index is 10.5. The standard InChI is InChI=1S/C11H8N4O3/c12-5-8-4-9(15(16)17)6-13-11(8)14-7-10-2-1-3-18-10/h1-4,6H,7H2,(H,13,14). The second kappa shape index (κ2) is 4.97. The van der Waals surface area contributed by atoms with Gasteiger partial charge in [-0.05, 0) is 12.1 Å². The zero-order valence-electron chi connectivity index (χ0n) is 9.16. The lowest BCUT2D eigenvalue weighted by molar-refractivity contribution is -0.385. The third-order valence-corrected chi connectivity index (χ3v) is 2.21. The number of anilines is 1. The van der Waals surface area contributed by atoms with E-state index in [1.54, 1.807) is 12.1 Å². The fraction of sp³-hybridized carbons (Fsp3) is 0.0909. The van der Waals surface area contributed by atoms with Crippen LogP contribution in [0.1, 0.15) is 11.3 Å². The molecule has 7 heteroatoms. The predicted octanol–water partition coefficient (Wildman–Crippen LogP) is 2.07. The van der Waals surface area contributed by atoms with E-state index in [-0.39, 0.29) is 11.3 Å². The van der Waals surface area contributed by atoms with E-state index in [9.17, 15) is 10.1 Å². The Labute approximate surface area is 102 Å². The lowest BCUT2D eigenvalue weighted by Gasteiger charge is -2.04. The lowest BCUT2D eigenvalue weighted by Crippen LogP contribution is -2.03. The summed E-state index contributed by atoms with van der Waals surface area (Å²) in [4.78, 5) is 13.8. The number of rotatable bonds is 4. The van der Waals surface area contributed by atoms with Gasteiger partial charge in [0.2, 0.25) is 0 Å². The van der Waals surface area contributed by atoms with Crippen LogP contribution < -0.4 is 5.32 Å². The molecule has 0 aromatic carbocycles. The normalized spacial score (nSPS) is 9.72. The summed E-state index contributed by atoms with van der Waals surface area (Å²) in [6.07, 6.45) is 2.64. The third kappa shape index (κ3) is 2.44. The minimum absolute atomic E-state index is 0.121. The molecule has 1 N–H and O–H groups in total. The Bertz CT molecular complexity index is 601. The van der Waals surface area contributed by atoms with Gasteiger partial charge in [0.05, 0.1) is 17.7 Å². The van der Waals surface area contributed by atoms with Crippen LogP contribution in [0.3, 0.4) is 0 Å². The number of nitro groups is 1. The summed E-state index contributed by atoms with van der Waals surface area (Å²) < 4.78 is 5.11. The number of furan rings is 1. The summed E-state index contributed by atoms with van der Waals surface area (Å²) in [6.45, 7) is 0.354. The Hall–Kier alpha value is -2.88. The highest BCUT2D eigenvalue weighted by Crippen LogP contribution is 2.18. The van der Waals surface area contributed by atoms with Crippen molar-refractivity contribution in [3.8, 4) is 6.07 Å². The molecule has 2 heterocycles. The van der Waals surface area contributed by atoms with Crippen molar-refractivity contribution < 1.29 is 9.34 Å². The van der Waals surface area contributed by atoms with Gasteiger partial charge < -0.3 is 9.73 Å². The molecule has 90 valence electrons. The highest BCUT2D eigenvalue weighted by atomic mass is 16.6. The highest BCUT2D eigenvalue weighted by molar-refractivity contribution is 5.55. The Kier molecular flexibility index (Phi) is 3.20. The summed E-state index contributed by atoms with van der Waals surface area (Å²) in [7, 11) is 0. The first-order valence-electron chi connectivity index (χ1n) is 5.01. The Morgan fingerprint density at radius 2 is 2.44 bits per heavy atom. The van der Waals surface area contributed by atoms with Crippen molar-refractivity contribution in [3.05, 3.63) is 52.1 Å². The second-order valence-corrected chi connectivity index (χ2v) is 3.39. The maximum Gasteiger partial charge on any atom is 0.289 e. The number of pyridine rings is 1. The molecule has 2 aromatic heterocycles.